The summed E-state index contributed by atoms with van der Waals surface area (Å²) in [7, 11) is 0. The molecular formula is C7H15NO3S. The smallest absolute Gasteiger partial charge is 0.323 e. The van der Waals surface area contributed by atoms with Gasteiger partial charge in [0.15, 0.2) is 0 Å². The number of nitrogens with two attached hydrogens (primary N) is 1. The molecule has 0 aliphatic rings. The minimum Gasteiger partial charge on any atom is -0.617 e. The summed E-state index contributed by atoms with van der Waals surface area (Å²) in [4.78, 5) is 10.9. The monoisotopic (exact) mass is 193 g/mol. The van der Waals surface area contributed by atoms with Crippen LogP contribution >= 0.6 is 0 Å². The van der Waals surface area contributed by atoms with Crippen LogP contribution in [0.5, 0.6) is 0 Å². The molecule has 0 spiro atoms. The van der Waals surface area contributed by atoms with E-state index in [2.05, 4.69) is 4.74 Å². The normalized spacial score (nSPS) is 15.3. The van der Waals surface area contributed by atoms with Gasteiger partial charge in [0.2, 0.25) is 0 Å². The first-order valence-electron chi connectivity index (χ1n) is 3.80. The molecule has 0 aromatic carbocycles. The maximum atomic E-state index is 10.9. The Balaban J connectivity index is 3.56. The van der Waals surface area contributed by atoms with Crippen molar-refractivity contribution < 1.29 is 14.1 Å². The number of carbonyl (C=O) groups is 1. The average Bonchev–Trinajstić information content (AvgIpc) is 2.00. The molecule has 0 heterocycles. The first-order chi connectivity index (χ1) is 5.57. The maximum absolute atomic E-state index is 10.9. The fourth-order valence-electron chi connectivity index (χ4n) is 0.660. The summed E-state index contributed by atoms with van der Waals surface area (Å²) in [5, 5.41) is 0. The Labute approximate surface area is 75.6 Å². The van der Waals surface area contributed by atoms with E-state index >= 15 is 0 Å². The zero-order valence-corrected chi connectivity index (χ0v) is 8.23. The lowest BCUT2D eigenvalue weighted by Crippen LogP contribution is -2.34. The van der Waals surface area contributed by atoms with Crippen LogP contribution in [0.4, 0.5) is 0 Å². The van der Waals surface area contributed by atoms with Gasteiger partial charge in [-0.05, 0) is 6.92 Å². The van der Waals surface area contributed by atoms with Crippen LogP contribution in [-0.4, -0.2) is 35.2 Å². The maximum Gasteiger partial charge on any atom is 0.323 e. The van der Waals surface area contributed by atoms with Crippen molar-refractivity contribution >= 4 is 17.1 Å². The van der Waals surface area contributed by atoms with Gasteiger partial charge in [0, 0.05) is 6.42 Å². The van der Waals surface area contributed by atoms with Crippen LogP contribution in [0.1, 0.15) is 13.3 Å². The average molecular weight is 193 g/mol. The van der Waals surface area contributed by atoms with E-state index in [1.165, 1.54) is 0 Å². The molecule has 12 heavy (non-hydrogen) atoms. The minimum absolute atomic E-state index is 0.335. The summed E-state index contributed by atoms with van der Waals surface area (Å²) in [6.07, 6.45) is 2.00. The molecule has 2 unspecified atom stereocenters. The van der Waals surface area contributed by atoms with Crippen molar-refractivity contribution in [1.29, 1.82) is 0 Å². The van der Waals surface area contributed by atoms with E-state index in [0.717, 1.165) is 0 Å². The van der Waals surface area contributed by atoms with Gasteiger partial charge in [-0.1, -0.05) is 11.2 Å². The molecule has 0 rings (SSSR count). The first-order valence-corrected chi connectivity index (χ1v) is 5.53. The van der Waals surface area contributed by atoms with Gasteiger partial charge in [-0.25, -0.2) is 0 Å². The molecule has 72 valence electrons. The van der Waals surface area contributed by atoms with Crippen LogP contribution in [0.3, 0.4) is 0 Å². The van der Waals surface area contributed by atoms with Crippen LogP contribution in [0.25, 0.3) is 0 Å². The van der Waals surface area contributed by atoms with Crippen LogP contribution in [0.15, 0.2) is 0 Å². The predicted octanol–water partition coefficient (Wildman–Crippen LogP) is -0.355. The summed E-state index contributed by atoms with van der Waals surface area (Å²) in [6.45, 7) is 2.06. The third-order valence-corrected chi connectivity index (χ3v) is 2.12. The summed E-state index contributed by atoms with van der Waals surface area (Å²) >= 11 is -0.894. The quantitative estimate of drug-likeness (QED) is 0.478. The number of hydrogen-bond acceptors (Lipinski definition) is 4. The summed E-state index contributed by atoms with van der Waals surface area (Å²) in [5.74, 6) is 0.0305. The Morgan fingerprint density at radius 3 is 2.75 bits per heavy atom. The largest absolute Gasteiger partial charge is 0.617 e. The lowest BCUT2D eigenvalue weighted by molar-refractivity contribution is -0.144. The Morgan fingerprint density at radius 2 is 2.33 bits per heavy atom. The van der Waals surface area contributed by atoms with E-state index in [4.69, 9.17) is 5.73 Å². The number of rotatable bonds is 5. The SMILES string of the molecule is CCOC(=O)C(N)CC[S+](C)[O-]. The van der Waals surface area contributed by atoms with Gasteiger partial charge >= 0.3 is 5.97 Å². The summed E-state index contributed by atoms with van der Waals surface area (Å²) < 4.78 is 15.3. The molecule has 0 fully saturated rings. The van der Waals surface area contributed by atoms with Crippen molar-refractivity contribution in [3.8, 4) is 0 Å². The second-order valence-corrected chi connectivity index (χ2v) is 3.98. The molecule has 0 radical (unpaired) electrons. The molecule has 4 nitrogen and oxygen atoms in total. The van der Waals surface area contributed by atoms with E-state index < -0.39 is 23.2 Å². The molecule has 0 aromatic heterocycles. The molecule has 0 aliphatic carbocycles. The van der Waals surface area contributed by atoms with Crippen molar-refractivity contribution in [2.45, 2.75) is 19.4 Å². The van der Waals surface area contributed by atoms with Gasteiger partial charge in [-0.15, -0.1) is 0 Å². The van der Waals surface area contributed by atoms with Gasteiger partial charge in [-0.3, -0.25) is 4.79 Å². The van der Waals surface area contributed by atoms with Gasteiger partial charge in [0.25, 0.3) is 0 Å². The lowest BCUT2D eigenvalue weighted by atomic mass is 10.2. The van der Waals surface area contributed by atoms with Crippen molar-refractivity contribution in [1.82, 2.24) is 0 Å². The van der Waals surface area contributed by atoms with E-state index in [1.807, 2.05) is 0 Å². The van der Waals surface area contributed by atoms with E-state index in [0.29, 0.717) is 18.8 Å². The summed E-state index contributed by atoms with van der Waals surface area (Å²) in [6, 6.07) is -0.631. The van der Waals surface area contributed by atoms with Crippen molar-refractivity contribution in [2.75, 3.05) is 18.6 Å². The number of esters is 1. The molecule has 0 amide bonds. The molecular weight excluding hydrogens is 178 g/mol. The molecule has 2 N–H and O–H groups in total. The molecule has 0 saturated carbocycles. The predicted molar refractivity (Wildman–Crippen MR) is 48.2 cm³/mol. The second kappa shape index (κ2) is 6.28. The van der Waals surface area contributed by atoms with E-state index in [-0.39, 0.29) is 0 Å². The highest BCUT2D eigenvalue weighted by Crippen LogP contribution is 1.96. The minimum atomic E-state index is -0.894. The fraction of sp³-hybridized carbons (Fsp3) is 0.857. The van der Waals surface area contributed by atoms with Gasteiger partial charge < -0.3 is 15.0 Å². The molecule has 0 aliphatic heterocycles. The third kappa shape index (κ3) is 5.40. The summed E-state index contributed by atoms with van der Waals surface area (Å²) in [5.41, 5.74) is 5.44. The molecule has 0 aromatic rings. The topological polar surface area (TPSA) is 75.4 Å². The van der Waals surface area contributed by atoms with Crippen LogP contribution in [0, 0.1) is 0 Å². The third-order valence-electron chi connectivity index (χ3n) is 1.31. The number of carbonyl (C=O) groups excluding carboxylic acids is 1. The number of ether oxygens (including phenoxy) is 1. The van der Waals surface area contributed by atoms with E-state index in [9.17, 15) is 9.35 Å². The Hall–Kier alpha value is -0.260. The Morgan fingerprint density at radius 1 is 1.75 bits per heavy atom. The van der Waals surface area contributed by atoms with Crippen molar-refractivity contribution in [3.05, 3.63) is 0 Å². The van der Waals surface area contributed by atoms with Gasteiger partial charge in [-0.2, -0.15) is 0 Å². The Bertz CT molecular complexity index is 141. The number of hydrogen-bond donors (Lipinski definition) is 1. The van der Waals surface area contributed by atoms with Crippen LogP contribution < -0.4 is 5.73 Å². The lowest BCUT2D eigenvalue weighted by Gasteiger charge is -2.10. The van der Waals surface area contributed by atoms with Crippen LogP contribution in [0.2, 0.25) is 0 Å². The van der Waals surface area contributed by atoms with Gasteiger partial charge in [0.1, 0.15) is 11.8 Å². The van der Waals surface area contributed by atoms with Crippen molar-refractivity contribution in [3.63, 3.8) is 0 Å². The Kier molecular flexibility index (Phi) is 6.14. The zero-order chi connectivity index (χ0) is 9.56. The molecule has 5 heteroatoms. The van der Waals surface area contributed by atoms with Gasteiger partial charge in [0.05, 0.1) is 12.9 Å². The molecule has 2 atom stereocenters. The molecule has 0 bridgehead atoms. The standard InChI is InChI=1S/C7H15NO3S/c1-3-11-7(9)6(8)4-5-12(2)10/h6H,3-5,8H2,1-2H3. The van der Waals surface area contributed by atoms with Crippen molar-refractivity contribution in [2.24, 2.45) is 5.73 Å². The fourth-order valence-corrected chi connectivity index (χ4v) is 1.25. The highest BCUT2D eigenvalue weighted by molar-refractivity contribution is 7.90. The first kappa shape index (κ1) is 11.7. The van der Waals surface area contributed by atoms with E-state index in [1.54, 1.807) is 13.2 Å². The zero-order valence-electron chi connectivity index (χ0n) is 7.41. The highest BCUT2D eigenvalue weighted by Gasteiger charge is 2.15. The molecule has 0 saturated heterocycles. The second-order valence-electron chi connectivity index (χ2n) is 2.42. The highest BCUT2D eigenvalue weighted by atomic mass is 32.2. The van der Waals surface area contributed by atoms with Crippen LogP contribution in [-0.2, 0) is 20.7 Å².